The van der Waals surface area contributed by atoms with Gasteiger partial charge in [-0.15, -0.1) is 0 Å². The average Bonchev–Trinajstić information content (AvgIpc) is 3.64. The molecule has 23 heteroatoms. The van der Waals surface area contributed by atoms with Gasteiger partial charge < -0.3 is 68.3 Å². The fourth-order valence-corrected chi connectivity index (χ4v) is 5.59. The zero-order valence-electron chi connectivity index (χ0n) is 32.5. The van der Waals surface area contributed by atoms with E-state index in [1.165, 1.54) is 0 Å². The fourth-order valence-electron chi connectivity index (χ4n) is 5.59. The van der Waals surface area contributed by atoms with Crippen molar-refractivity contribution in [3.05, 3.63) is 0 Å². The lowest BCUT2D eigenvalue weighted by Crippen LogP contribution is -2.58. The molecule has 1 heterocycles. The molecular weight excluding hydrogens is 758 g/mol. The molecule has 1 aliphatic rings. The SMILES string of the molecule is CC(C)C[C@H](NC(=O)[C@@H](N)CC(C)C)C(=O)N[C@@H](CCC(=O)O)C(=O)NCC(=O)NCC(=O)N1CCC[C@H]1C(=O)N[C@@H](CO)C(=O)N[C@@H](CO)C(=O)NCC(=O)O. The molecule has 6 atom stereocenters. The Balaban J connectivity index is 2.83. The van der Waals surface area contributed by atoms with Crippen molar-refractivity contribution < 1.29 is 68.4 Å². The van der Waals surface area contributed by atoms with Crippen molar-refractivity contribution in [2.24, 2.45) is 17.6 Å². The first-order valence-electron chi connectivity index (χ1n) is 18.4. The van der Waals surface area contributed by atoms with Crippen LogP contribution in [-0.2, 0) is 47.9 Å². The summed E-state index contributed by atoms with van der Waals surface area (Å²) in [7, 11) is 0. The van der Waals surface area contributed by atoms with Crippen LogP contribution in [0.5, 0.6) is 0 Å². The highest BCUT2D eigenvalue weighted by Crippen LogP contribution is 2.18. The molecule has 0 unspecified atom stereocenters. The minimum atomic E-state index is -1.63. The predicted molar refractivity (Wildman–Crippen MR) is 197 cm³/mol. The topological polar surface area (TPSA) is 365 Å². The van der Waals surface area contributed by atoms with E-state index in [-0.39, 0.29) is 37.6 Å². The van der Waals surface area contributed by atoms with E-state index in [1.807, 2.05) is 19.2 Å². The number of carbonyl (C=O) groups is 10. The molecule has 57 heavy (non-hydrogen) atoms. The molecule has 0 aromatic carbocycles. The van der Waals surface area contributed by atoms with Crippen LogP contribution in [0.25, 0.3) is 0 Å². The van der Waals surface area contributed by atoms with Gasteiger partial charge in [-0.05, 0) is 43.9 Å². The van der Waals surface area contributed by atoms with Gasteiger partial charge in [0.25, 0.3) is 0 Å². The molecule has 1 aliphatic heterocycles. The van der Waals surface area contributed by atoms with Gasteiger partial charge in [0.05, 0.1) is 32.3 Å². The number of aliphatic hydroxyl groups is 2. The van der Waals surface area contributed by atoms with Gasteiger partial charge in [0.2, 0.25) is 47.3 Å². The number of hydrogen-bond acceptors (Lipinski definition) is 13. The molecule has 0 bridgehead atoms. The van der Waals surface area contributed by atoms with E-state index in [4.69, 9.17) is 10.8 Å². The second-order valence-electron chi connectivity index (χ2n) is 14.3. The number of aliphatic carboxylic acids is 2. The zero-order chi connectivity index (χ0) is 43.4. The third-order valence-electron chi connectivity index (χ3n) is 8.46. The van der Waals surface area contributed by atoms with E-state index in [2.05, 4.69) is 31.9 Å². The normalized spacial score (nSPS) is 16.3. The fraction of sp³-hybridized carbons (Fsp3) is 0.706. The van der Waals surface area contributed by atoms with Crippen LogP contribution in [0.2, 0.25) is 0 Å². The van der Waals surface area contributed by atoms with Gasteiger partial charge in [0.1, 0.15) is 36.8 Å². The molecule has 0 aromatic rings. The van der Waals surface area contributed by atoms with Crippen molar-refractivity contribution in [3.63, 3.8) is 0 Å². The van der Waals surface area contributed by atoms with Crippen molar-refractivity contribution >= 4 is 59.2 Å². The van der Waals surface area contributed by atoms with E-state index in [0.29, 0.717) is 12.8 Å². The summed E-state index contributed by atoms with van der Waals surface area (Å²) in [6, 6.07) is -7.77. The van der Waals surface area contributed by atoms with Gasteiger partial charge in [-0.1, -0.05) is 27.7 Å². The Labute approximate surface area is 329 Å². The summed E-state index contributed by atoms with van der Waals surface area (Å²) in [4.78, 5) is 125. The van der Waals surface area contributed by atoms with Gasteiger partial charge in [-0.2, -0.15) is 0 Å². The Hall–Kier alpha value is -5.42. The van der Waals surface area contributed by atoms with Crippen molar-refractivity contribution in [2.45, 2.75) is 102 Å². The summed E-state index contributed by atoms with van der Waals surface area (Å²) in [5.41, 5.74) is 5.96. The van der Waals surface area contributed by atoms with Crippen LogP contribution in [0.4, 0.5) is 0 Å². The van der Waals surface area contributed by atoms with E-state index in [9.17, 15) is 63.3 Å². The number of hydrogen-bond donors (Lipinski definition) is 12. The lowest BCUT2D eigenvalue weighted by Gasteiger charge is -2.26. The van der Waals surface area contributed by atoms with E-state index in [0.717, 1.165) is 4.90 Å². The van der Waals surface area contributed by atoms with E-state index >= 15 is 0 Å². The largest absolute Gasteiger partial charge is 0.481 e. The summed E-state index contributed by atoms with van der Waals surface area (Å²) in [6.45, 7) is 3.46. The Morgan fingerprint density at radius 3 is 1.72 bits per heavy atom. The quantitative estimate of drug-likeness (QED) is 0.0409. The molecule has 322 valence electrons. The number of likely N-dealkylation sites (tertiary alicyclic amines) is 1. The van der Waals surface area contributed by atoms with Gasteiger partial charge in [-0.25, -0.2) is 0 Å². The Kier molecular flexibility index (Phi) is 21.7. The zero-order valence-corrected chi connectivity index (χ0v) is 32.5. The maximum absolute atomic E-state index is 13.2. The van der Waals surface area contributed by atoms with Crippen LogP contribution in [0.1, 0.15) is 66.2 Å². The lowest BCUT2D eigenvalue weighted by molar-refractivity contribution is -0.140. The molecule has 8 amide bonds. The number of aliphatic hydroxyl groups excluding tert-OH is 2. The molecular formula is C34H57N9O14. The number of rotatable bonds is 25. The van der Waals surface area contributed by atoms with Crippen molar-refractivity contribution in [3.8, 4) is 0 Å². The first-order valence-corrected chi connectivity index (χ1v) is 18.4. The maximum Gasteiger partial charge on any atom is 0.322 e. The third kappa shape index (κ3) is 18.4. The highest BCUT2D eigenvalue weighted by atomic mass is 16.4. The lowest BCUT2D eigenvalue weighted by atomic mass is 10.00. The molecule has 23 nitrogen and oxygen atoms in total. The van der Waals surface area contributed by atoms with Crippen LogP contribution in [0, 0.1) is 11.8 Å². The summed E-state index contributed by atoms with van der Waals surface area (Å²) < 4.78 is 0. The second-order valence-corrected chi connectivity index (χ2v) is 14.3. The van der Waals surface area contributed by atoms with Crippen LogP contribution in [-0.4, -0.2) is 160 Å². The second kappa shape index (κ2) is 25.0. The number of nitrogens with zero attached hydrogens (tertiary/aromatic N) is 1. The standard InChI is InChI=1S/C34H57N9O14/c1-17(2)10-19(35)29(52)40-21(11-18(3)4)32(55)39-20(7-8-27(48)49)30(53)37-12-25(46)36-13-26(47)43-9-5-6-24(43)34(57)42-23(16-45)33(56)41-22(15-44)31(54)38-14-28(50)51/h17-24,44-45H,5-16,35H2,1-4H3,(H,36,46)(H,37,53)(H,38,54)(H,39,55)(H,40,52)(H,41,56)(H,42,57)(H,48,49)(H,50,51)/t19-,20-,21-,22-,23-,24-/m0/s1. The highest BCUT2D eigenvalue weighted by Gasteiger charge is 2.36. The third-order valence-corrected chi connectivity index (χ3v) is 8.46. The average molecular weight is 816 g/mol. The minimum Gasteiger partial charge on any atom is -0.481 e. The van der Waals surface area contributed by atoms with Crippen molar-refractivity contribution in [2.75, 3.05) is 39.4 Å². The summed E-state index contributed by atoms with van der Waals surface area (Å²) in [6.07, 6.45) is 0.154. The maximum atomic E-state index is 13.2. The first kappa shape index (κ1) is 49.6. The molecule has 0 aliphatic carbocycles. The van der Waals surface area contributed by atoms with Crippen molar-refractivity contribution in [1.82, 2.24) is 42.1 Å². The predicted octanol–water partition coefficient (Wildman–Crippen LogP) is -5.38. The van der Waals surface area contributed by atoms with Gasteiger partial charge >= 0.3 is 11.9 Å². The Morgan fingerprint density at radius 2 is 1.16 bits per heavy atom. The Morgan fingerprint density at radius 1 is 0.632 bits per heavy atom. The number of carboxylic acid groups (broad SMARTS) is 2. The van der Waals surface area contributed by atoms with E-state index < -0.39 is 135 Å². The van der Waals surface area contributed by atoms with Crippen LogP contribution < -0.4 is 43.0 Å². The first-order chi connectivity index (χ1) is 26.7. The molecule has 1 saturated heterocycles. The summed E-state index contributed by atoms with van der Waals surface area (Å²) >= 11 is 0. The number of nitrogens with one attached hydrogen (secondary N) is 7. The Bertz CT molecular complexity index is 1460. The molecule has 0 spiro atoms. The number of carbonyl (C=O) groups excluding carboxylic acids is 8. The van der Waals surface area contributed by atoms with Gasteiger partial charge in [0, 0.05) is 13.0 Å². The molecule has 1 fully saturated rings. The van der Waals surface area contributed by atoms with Crippen LogP contribution in [0.15, 0.2) is 0 Å². The number of nitrogens with two attached hydrogens (primary N) is 1. The smallest absolute Gasteiger partial charge is 0.322 e. The molecule has 0 radical (unpaired) electrons. The molecule has 0 aromatic heterocycles. The molecule has 13 N–H and O–H groups in total. The minimum absolute atomic E-state index is 0.0741. The van der Waals surface area contributed by atoms with Crippen molar-refractivity contribution in [1.29, 1.82) is 0 Å². The molecule has 1 rings (SSSR count). The monoisotopic (exact) mass is 815 g/mol. The highest BCUT2D eigenvalue weighted by molar-refractivity contribution is 5.97. The van der Waals surface area contributed by atoms with E-state index in [1.54, 1.807) is 13.8 Å². The van der Waals surface area contributed by atoms with Gasteiger partial charge in [-0.3, -0.25) is 47.9 Å². The molecule has 0 saturated carbocycles. The van der Waals surface area contributed by atoms with Gasteiger partial charge in [0.15, 0.2) is 0 Å². The summed E-state index contributed by atoms with van der Waals surface area (Å²) in [5.74, 6) is -9.41. The summed E-state index contributed by atoms with van der Waals surface area (Å²) in [5, 5.41) is 53.0. The number of carboxylic acids is 2. The van der Waals surface area contributed by atoms with Crippen LogP contribution in [0.3, 0.4) is 0 Å². The number of amides is 8. The van der Waals surface area contributed by atoms with Crippen LogP contribution >= 0.6 is 0 Å².